The summed E-state index contributed by atoms with van der Waals surface area (Å²) in [6, 6.07) is 0.830. The molecule has 1 aromatic heterocycles. The molecule has 0 bridgehead atoms. The van der Waals surface area contributed by atoms with Crippen LogP contribution in [0.25, 0.3) is 10.4 Å². The number of Topliss-reactive ketones (excluding diaryl/α,β-unsaturated/α-hetero) is 1. The molecule has 2 aliphatic carbocycles. The van der Waals surface area contributed by atoms with E-state index in [9.17, 15) is 14.4 Å². The average Bonchev–Trinajstić information content (AvgIpc) is 3.28. The molecule has 2 aliphatic rings. The Morgan fingerprint density at radius 2 is 2.17 bits per heavy atom. The minimum atomic E-state index is -0.929. The standard InChI is InChI=1S/C21H27N3O6/c1-4-17(13-6-8-29-11-13)30-19(26)12-5-7-21(2)14(9-12)18(25)16(23-24-22)10-15(21)20(27)28-3/h6,8,11-12,14-17H,4-5,7,9-10H2,1-3H3/t12?,14?,15-,16+,17-,21+/m0/s1. The predicted octanol–water partition coefficient (Wildman–Crippen LogP) is 4.14. The number of rotatable bonds is 6. The summed E-state index contributed by atoms with van der Waals surface area (Å²) in [5.74, 6) is -2.59. The number of carbonyl (C=O) groups is 3. The number of esters is 2. The van der Waals surface area contributed by atoms with Crippen molar-refractivity contribution in [3.8, 4) is 0 Å². The molecule has 3 rings (SSSR count). The van der Waals surface area contributed by atoms with Crippen LogP contribution in [-0.4, -0.2) is 30.9 Å². The molecule has 0 spiro atoms. The number of carbonyl (C=O) groups excluding carboxylic acids is 3. The first-order valence-electron chi connectivity index (χ1n) is 10.2. The summed E-state index contributed by atoms with van der Waals surface area (Å²) < 4.78 is 15.8. The quantitative estimate of drug-likeness (QED) is 0.296. The van der Waals surface area contributed by atoms with Crippen LogP contribution in [-0.2, 0) is 23.9 Å². The van der Waals surface area contributed by atoms with Gasteiger partial charge in [-0.3, -0.25) is 14.4 Å². The number of fused-ring (bicyclic) bond motifs is 1. The first kappa shape index (κ1) is 21.9. The summed E-state index contributed by atoms with van der Waals surface area (Å²) in [4.78, 5) is 41.2. The molecule has 2 unspecified atom stereocenters. The van der Waals surface area contributed by atoms with E-state index in [1.165, 1.54) is 13.4 Å². The van der Waals surface area contributed by atoms with Gasteiger partial charge in [0, 0.05) is 16.4 Å². The van der Waals surface area contributed by atoms with E-state index < -0.39 is 41.3 Å². The van der Waals surface area contributed by atoms with Gasteiger partial charge in [0.15, 0.2) is 0 Å². The molecular formula is C21H27N3O6. The fraction of sp³-hybridized carbons (Fsp3) is 0.667. The second-order valence-corrected chi connectivity index (χ2v) is 8.35. The fourth-order valence-corrected chi connectivity index (χ4v) is 5.00. The maximum absolute atomic E-state index is 13.1. The van der Waals surface area contributed by atoms with Crippen molar-refractivity contribution < 1.29 is 28.3 Å². The van der Waals surface area contributed by atoms with Crippen LogP contribution in [0.4, 0.5) is 0 Å². The number of ether oxygens (including phenoxy) is 2. The molecule has 6 atom stereocenters. The molecule has 0 aliphatic heterocycles. The zero-order valence-electron chi connectivity index (χ0n) is 17.4. The Kier molecular flexibility index (Phi) is 6.51. The van der Waals surface area contributed by atoms with E-state index in [0.29, 0.717) is 19.3 Å². The Labute approximate surface area is 174 Å². The van der Waals surface area contributed by atoms with Crippen LogP contribution in [0.2, 0.25) is 0 Å². The number of azide groups is 1. The number of ketones is 1. The van der Waals surface area contributed by atoms with Gasteiger partial charge in [0.2, 0.25) is 0 Å². The Bertz CT molecular complexity index is 847. The van der Waals surface area contributed by atoms with E-state index in [1.807, 2.05) is 13.8 Å². The summed E-state index contributed by atoms with van der Waals surface area (Å²) in [7, 11) is 1.31. The molecule has 30 heavy (non-hydrogen) atoms. The third kappa shape index (κ3) is 3.94. The Balaban J connectivity index is 1.80. The third-order valence-electron chi connectivity index (χ3n) is 6.83. The fourth-order valence-electron chi connectivity index (χ4n) is 5.00. The van der Waals surface area contributed by atoms with Gasteiger partial charge in [0.25, 0.3) is 0 Å². The van der Waals surface area contributed by atoms with Crippen molar-refractivity contribution in [1.82, 2.24) is 0 Å². The van der Waals surface area contributed by atoms with Crippen molar-refractivity contribution >= 4 is 17.7 Å². The molecule has 9 heteroatoms. The van der Waals surface area contributed by atoms with Crippen LogP contribution in [0, 0.1) is 23.2 Å². The maximum atomic E-state index is 13.1. The second-order valence-electron chi connectivity index (χ2n) is 8.35. The lowest BCUT2D eigenvalue weighted by molar-refractivity contribution is -0.167. The van der Waals surface area contributed by atoms with Gasteiger partial charge in [-0.05, 0) is 49.1 Å². The molecule has 1 aromatic rings. The van der Waals surface area contributed by atoms with Crippen molar-refractivity contribution in [3.05, 3.63) is 34.6 Å². The molecule has 9 nitrogen and oxygen atoms in total. The first-order valence-corrected chi connectivity index (χ1v) is 10.2. The van der Waals surface area contributed by atoms with E-state index in [1.54, 1.807) is 12.3 Å². The average molecular weight is 417 g/mol. The lowest BCUT2D eigenvalue weighted by atomic mass is 9.52. The normalized spacial score (nSPS) is 31.8. The molecule has 0 radical (unpaired) electrons. The monoisotopic (exact) mass is 417 g/mol. The molecule has 162 valence electrons. The summed E-state index contributed by atoms with van der Waals surface area (Å²) in [5, 5.41) is 3.62. The van der Waals surface area contributed by atoms with E-state index in [-0.39, 0.29) is 24.6 Å². The van der Waals surface area contributed by atoms with Gasteiger partial charge in [-0.25, -0.2) is 0 Å². The van der Waals surface area contributed by atoms with Crippen molar-refractivity contribution in [2.45, 2.75) is 58.1 Å². The minimum absolute atomic E-state index is 0.135. The van der Waals surface area contributed by atoms with E-state index >= 15 is 0 Å². The molecule has 2 saturated carbocycles. The van der Waals surface area contributed by atoms with Crippen LogP contribution in [0.1, 0.15) is 57.6 Å². The van der Waals surface area contributed by atoms with Crippen molar-refractivity contribution in [2.75, 3.05) is 7.11 Å². The number of furan rings is 1. The van der Waals surface area contributed by atoms with Crippen LogP contribution in [0.5, 0.6) is 0 Å². The van der Waals surface area contributed by atoms with Gasteiger partial charge >= 0.3 is 11.9 Å². The summed E-state index contributed by atoms with van der Waals surface area (Å²) in [6.45, 7) is 3.81. The van der Waals surface area contributed by atoms with Crippen molar-refractivity contribution in [1.29, 1.82) is 0 Å². The van der Waals surface area contributed by atoms with E-state index in [4.69, 9.17) is 19.4 Å². The van der Waals surface area contributed by atoms with Gasteiger partial charge < -0.3 is 13.9 Å². The lowest BCUT2D eigenvalue weighted by Gasteiger charge is -2.51. The van der Waals surface area contributed by atoms with Crippen molar-refractivity contribution in [3.63, 3.8) is 0 Å². The third-order valence-corrected chi connectivity index (χ3v) is 6.83. The summed E-state index contributed by atoms with van der Waals surface area (Å²) in [6.07, 6.45) is 4.69. The van der Waals surface area contributed by atoms with Gasteiger partial charge in [0.1, 0.15) is 11.9 Å². The molecule has 0 aromatic carbocycles. The smallest absolute Gasteiger partial charge is 0.309 e. The van der Waals surface area contributed by atoms with E-state index in [0.717, 1.165) is 5.56 Å². The Morgan fingerprint density at radius 1 is 1.40 bits per heavy atom. The topological polar surface area (TPSA) is 132 Å². The van der Waals surface area contributed by atoms with Gasteiger partial charge in [0.05, 0.1) is 37.5 Å². The highest BCUT2D eigenvalue weighted by Crippen LogP contribution is 2.54. The molecular weight excluding hydrogens is 390 g/mol. The highest BCUT2D eigenvalue weighted by atomic mass is 16.5. The first-order chi connectivity index (χ1) is 14.3. The SMILES string of the molecule is CC[C@H](OC(=O)C1CC[C@]2(C)C(C1)C(=O)[C@H](N=[N+]=[N-])C[C@H]2C(=O)OC)c1ccoc1. The molecule has 2 fully saturated rings. The summed E-state index contributed by atoms with van der Waals surface area (Å²) >= 11 is 0. The highest BCUT2D eigenvalue weighted by Gasteiger charge is 2.57. The molecule has 0 saturated heterocycles. The van der Waals surface area contributed by atoms with Crippen LogP contribution < -0.4 is 0 Å². The minimum Gasteiger partial charge on any atom is -0.472 e. The van der Waals surface area contributed by atoms with E-state index in [2.05, 4.69) is 10.0 Å². The van der Waals surface area contributed by atoms with Crippen LogP contribution >= 0.6 is 0 Å². The Morgan fingerprint density at radius 3 is 2.77 bits per heavy atom. The Hall–Kier alpha value is -2.80. The number of methoxy groups -OCH3 is 1. The number of nitrogens with zero attached hydrogens (tertiary/aromatic N) is 3. The molecule has 1 heterocycles. The van der Waals surface area contributed by atoms with Crippen LogP contribution in [0.3, 0.4) is 0 Å². The zero-order valence-corrected chi connectivity index (χ0v) is 17.4. The second kappa shape index (κ2) is 8.92. The van der Waals surface area contributed by atoms with Gasteiger partial charge in [-0.15, -0.1) is 0 Å². The maximum Gasteiger partial charge on any atom is 0.309 e. The van der Waals surface area contributed by atoms with Gasteiger partial charge in [-0.2, -0.15) is 0 Å². The predicted molar refractivity (Wildman–Crippen MR) is 105 cm³/mol. The van der Waals surface area contributed by atoms with Gasteiger partial charge in [-0.1, -0.05) is 19.0 Å². The van der Waals surface area contributed by atoms with Crippen molar-refractivity contribution in [2.24, 2.45) is 28.3 Å². The molecule has 0 N–H and O–H groups in total. The lowest BCUT2D eigenvalue weighted by Crippen LogP contribution is -2.55. The molecule has 0 amide bonds. The number of hydrogen-bond acceptors (Lipinski definition) is 7. The highest BCUT2D eigenvalue weighted by molar-refractivity contribution is 5.91. The van der Waals surface area contributed by atoms with Crippen LogP contribution in [0.15, 0.2) is 28.1 Å². The largest absolute Gasteiger partial charge is 0.472 e. The number of hydrogen-bond donors (Lipinski definition) is 0. The zero-order chi connectivity index (χ0) is 21.9. The summed E-state index contributed by atoms with van der Waals surface area (Å²) in [5.41, 5.74) is 8.99.